The van der Waals surface area contributed by atoms with Gasteiger partial charge in [-0.25, -0.2) is 4.39 Å². The molecule has 1 aliphatic heterocycles. The van der Waals surface area contributed by atoms with E-state index in [1.807, 2.05) is 0 Å². The lowest BCUT2D eigenvalue weighted by molar-refractivity contribution is -0.142. The summed E-state index contributed by atoms with van der Waals surface area (Å²) in [4.78, 5) is 12.4. The molecule has 3 rings (SSSR count). The van der Waals surface area contributed by atoms with E-state index < -0.39 is 71.1 Å². The highest BCUT2D eigenvalue weighted by Gasteiger charge is 2.39. The van der Waals surface area contributed by atoms with E-state index in [1.54, 1.807) is 0 Å². The topological polar surface area (TPSA) is 40.5 Å². The molecule has 2 unspecified atom stereocenters. The van der Waals surface area contributed by atoms with Crippen LogP contribution in [-0.4, -0.2) is 22.5 Å². The zero-order valence-electron chi connectivity index (χ0n) is 18.2. The van der Waals surface area contributed by atoms with E-state index >= 15 is 0 Å². The highest BCUT2D eigenvalue weighted by molar-refractivity contribution is 5.67. The number of likely N-dealkylation sites (tertiary alicyclic amines) is 1. The van der Waals surface area contributed by atoms with Gasteiger partial charge in [-0.05, 0) is 61.2 Å². The van der Waals surface area contributed by atoms with Gasteiger partial charge in [0.2, 0.25) is 0 Å². The van der Waals surface area contributed by atoms with Crippen LogP contribution >= 0.6 is 0 Å². The highest BCUT2D eigenvalue weighted by Crippen LogP contribution is 2.42. The molecule has 198 valence electrons. The van der Waals surface area contributed by atoms with E-state index in [-0.39, 0.29) is 37.4 Å². The third kappa shape index (κ3) is 6.48. The second kappa shape index (κ2) is 9.91. The van der Waals surface area contributed by atoms with Crippen LogP contribution in [0, 0.1) is 11.7 Å². The fourth-order valence-corrected chi connectivity index (χ4v) is 4.40. The van der Waals surface area contributed by atoms with Crippen LogP contribution in [0.5, 0.6) is 0 Å². The number of benzene rings is 2. The maximum Gasteiger partial charge on any atom is 0.416 e. The number of nitrogens with zero attached hydrogens (tertiary/aromatic N) is 1. The van der Waals surface area contributed by atoms with E-state index in [0.29, 0.717) is 24.3 Å². The summed E-state index contributed by atoms with van der Waals surface area (Å²) in [5.41, 5.74) is -5.03. The van der Waals surface area contributed by atoms with Crippen LogP contribution in [0.2, 0.25) is 0 Å². The predicted molar refractivity (Wildman–Crippen MR) is 106 cm³/mol. The Morgan fingerprint density at radius 2 is 1.47 bits per heavy atom. The number of carboxylic acids is 1. The average Bonchev–Trinajstić information content (AvgIpc) is 2.72. The molecular weight excluding hydrogens is 512 g/mol. The number of rotatable bonds is 5. The minimum absolute atomic E-state index is 0.114. The molecule has 13 heteroatoms. The van der Waals surface area contributed by atoms with Gasteiger partial charge in [0.25, 0.3) is 0 Å². The summed E-state index contributed by atoms with van der Waals surface area (Å²) in [6.45, 7) is -0.833. The van der Waals surface area contributed by atoms with E-state index in [4.69, 9.17) is 5.11 Å². The van der Waals surface area contributed by atoms with E-state index in [0.717, 1.165) is 6.07 Å². The van der Waals surface area contributed by atoms with E-state index in [9.17, 15) is 48.7 Å². The standard InChI is InChI=1S/C23H19F10NO2/c24-18-10-15(22(28,29)30)1-3-16(18)19-7-12(8-20(35)36)5-6-34(19)11-13-9-14(21(25,26)27)2-4-17(13)23(31,32)33/h1-4,9-10,12,19H,5-8,11H2,(H,35,36). The van der Waals surface area contributed by atoms with Crippen LogP contribution in [0.4, 0.5) is 43.9 Å². The fourth-order valence-electron chi connectivity index (χ4n) is 4.40. The van der Waals surface area contributed by atoms with Crippen molar-refractivity contribution in [3.05, 3.63) is 70.0 Å². The molecule has 36 heavy (non-hydrogen) atoms. The lowest BCUT2D eigenvalue weighted by atomic mass is 9.84. The summed E-state index contributed by atoms with van der Waals surface area (Å²) < 4.78 is 134. The summed E-state index contributed by atoms with van der Waals surface area (Å²) in [5, 5.41) is 9.09. The minimum Gasteiger partial charge on any atom is -0.481 e. The van der Waals surface area contributed by atoms with Crippen molar-refractivity contribution in [3.8, 4) is 0 Å². The van der Waals surface area contributed by atoms with Crippen molar-refractivity contribution in [1.82, 2.24) is 4.90 Å². The number of hydrogen-bond donors (Lipinski definition) is 1. The molecule has 0 saturated carbocycles. The zero-order chi connectivity index (χ0) is 27.1. The van der Waals surface area contributed by atoms with Crippen molar-refractivity contribution in [2.45, 2.75) is 50.4 Å². The highest BCUT2D eigenvalue weighted by atomic mass is 19.4. The molecule has 1 heterocycles. The number of alkyl halides is 9. The molecule has 1 N–H and O–H groups in total. The van der Waals surface area contributed by atoms with Crippen molar-refractivity contribution >= 4 is 5.97 Å². The van der Waals surface area contributed by atoms with Crippen molar-refractivity contribution < 1.29 is 53.8 Å². The molecule has 0 radical (unpaired) electrons. The third-order valence-electron chi connectivity index (χ3n) is 6.08. The van der Waals surface area contributed by atoms with Gasteiger partial charge in [0.15, 0.2) is 0 Å². The molecule has 2 aromatic carbocycles. The van der Waals surface area contributed by atoms with Gasteiger partial charge in [-0.1, -0.05) is 6.07 Å². The van der Waals surface area contributed by atoms with Crippen LogP contribution in [0.25, 0.3) is 0 Å². The second-order valence-corrected chi connectivity index (χ2v) is 8.58. The van der Waals surface area contributed by atoms with Crippen molar-refractivity contribution in [1.29, 1.82) is 0 Å². The Labute approximate surface area is 198 Å². The molecule has 3 nitrogen and oxygen atoms in total. The van der Waals surface area contributed by atoms with Crippen LogP contribution in [0.1, 0.15) is 53.1 Å². The van der Waals surface area contributed by atoms with Gasteiger partial charge in [-0.15, -0.1) is 0 Å². The second-order valence-electron chi connectivity index (χ2n) is 8.58. The summed E-state index contributed by atoms with van der Waals surface area (Å²) in [7, 11) is 0. The Morgan fingerprint density at radius 3 is 2.00 bits per heavy atom. The van der Waals surface area contributed by atoms with Gasteiger partial charge in [0, 0.05) is 24.6 Å². The third-order valence-corrected chi connectivity index (χ3v) is 6.08. The Balaban J connectivity index is 2.04. The first-order chi connectivity index (χ1) is 16.5. The largest absolute Gasteiger partial charge is 0.481 e. The first-order valence-corrected chi connectivity index (χ1v) is 10.6. The molecular formula is C23H19F10NO2. The van der Waals surface area contributed by atoms with Crippen molar-refractivity contribution in [3.63, 3.8) is 0 Å². The maximum atomic E-state index is 14.8. The maximum absolute atomic E-state index is 14.8. The normalized spacial score (nSPS) is 19.9. The Hall–Kier alpha value is -2.83. The number of halogens is 10. The van der Waals surface area contributed by atoms with Crippen LogP contribution in [0.3, 0.4) is 0 Å². The summed E-state index contributed by atoms with van der Waals surface area (Å²) in [6.07, 6.45) is -15.2. The Kier molecular flexibility index (Phi) is 7.64. The molecule has 2 atom stereocenters. The SMILES string of the molecule is O=C(O)CC1CCN(Cc2cc(C(F)(F)F)ccc2C(F)(F)F)C(c2ccc(C(F)(F)F)cc2F)C1. The first kappa shape index (κ1) is 27.8. The van der Waals surface area contributed by atoms with E-state index in [1.165, 1.54) is 4.90 Å². The van der Waals surface area contributed by atoms with Gasteiger partial charge in [0.05, 0.1) is 16.7 Å². The monoisotopic (exact) mass is 531 g/mol. The molecule has 0 aliphatic carbocycles. The summed E-state index contributed by atoms with van der Waals surface area (Å²) in [5.74, 6) is -3.08. The molecule has 2 aromatic rings. The summed E-state index contributed by atoms with van der Waals surface area (Å²) in [6, 6.07) is 1.38. The van der Waals surface area contributed by atoms with Crippen LogP contribution < -0.4 is 0 Å². The lowest BCUT2D eigenvalue weighted by Crippen LogP contribution is -2.38. The van der Waals surface area contributed by atoms with Gasteiger partial charge in [-0.3, -0.25) is 9.69 Å². The number of piperidine rings is 1. The Morgan fingerprint density at radius 1 is 0.889 bits per heavy atom. The van der Waals surface area contributed by atoms with Gasteiger partial charge < -0.3 is 5.11 Å². The molecule has 0 spiro atoms. The van der Waals surface area contributed by atoms with Gasteiger partial charge >= 0.3 is 24.5 Å². The number of carbonyl (C=O) groups is 1. The van der Waals surface area contributed by atoms with Crippen molar-refractivity contribution in [2.75, 3.05) is 6.54 Å². The van der Waals surface area contributed by atoms with Crippen molar-refractivity contribution in [2.24, 2.45) is 5.92 Å². The molecule has 0 amide bonds. The first-order valence-electron chi connectivity index (χ1n) is 10.6. The van der Waals surface area contributed by atoms with Gasteiger partial charge in [0.1, 0.15) is 5.82 Å². The lowest BCUT2D eigenvalue weighted by Gasteiger charge is -2.40. The fraction of sp³-hybridized carbons (Fsp3) is 0.435. The molecule has 1 saturated heterocycles. The molecule has 1 fully saturated rings. The predicted octanol–water partition coefficient (Wildman–Crippen LogP) is 7.31. The van der Waals surface area contributed by atoms with Gasteiger partial charge in [-0.2, -0.15) is 39.5 Å². The smallest absolute Gasteiger partial charge is 0.416 e. The number of hydrogen-bond acceptors (Lipinski definition) is 2. The number of carboxylic acid groups (broad SMARTS) is 1. The number of aliphatic carboxylic acids is 1. The molecule has 0 aromatic heterocycles. The Bertz CT molecular complexity index is 1110. The van der Waals surface area contributed by atoms with Crippen LogP contribution in [-0.2, 0) is 29.9 Å². The molecule has 0 bridgehead atoms. The summed E-state index contributed by atoms with van der Waals surface area (Å²) >= 11 is 0. The quantitative estimate of drug-likeness (QED) is 0.412. The van der Waals surface area contributed by atoms with Crippen LogP contribution in [0.15, 0.2) is 36.4 Å². The average molecular weight is 531 g/mol. The molecule has 1 aliphatic rings. The zero-order valence-corrected chi connectivity index (χ0v) is 18.2. The van der Waals surface area contributed by atoms with E-state index in [2.05, 4.69) is 0 Å². The minimum atomic E-state index is -5.00.